The lowest BCUT2D eigenvalue weighted by Gasteiger charge is -2.24. The molecule has 0 aliphatic carbocycles. The van der Waals surface area contributed by atoms with Gasteiger partial charge in [0.2, 0.25) is 5.91 Å². The molecule has 0 saturated carbocycles. The molecule has 3 heteroatoms. The van der Waals surface area contributed by atoms with E-state index in [2.05, 4.69) is 27.7 Å². The fourth-order valence-electron chi connectivity index (χ4n) is 2.16. The topological polar surface area (TPSA) is 52.3 Å². The van der Waals surface area contributed by atoms with Gasteiger partial charge in [0.15, 0.2) is 0 Å². The number of hydrogen-bond donors (Lipinski definition) is 1. The van der Waals surface area contributed by atoms with Gasteiger partial charge < -0.3 is 10.5 Å². The van der Waals surface area contributed by atoms with E-state index in [0.717, 1.165) is 19.3 Å². The van der Waals surface area contributed by atoms with Crippen LogP contribution in [0.3, 0.4) is 0 Å². The van der Waals surface area contributed by atoms with E-state index < -0.39 is 6.10 Å². The van der Waals surface area contributed by atoms with E-state index in [1.165, 1.54) is 24.0 Å². The summed E-state index contributed by atoms with van der Waals surface area (Å²) < 4.78 is 5.29. The van der Waals surface area contributed by atoms with Crippen LogP contribution in [0, 0.1) is 5.92 Å². The minimum atomic E-state index is -0.462. The van der Waals surface area contributed by atoms with Crippen LogP contribution in [0.25, 0.3) is 0 Å². The molecule has 2 unspecified atom stereocenters. The fourth-order valence-corrected chi connectivity index (χ4v) is 2.16. The molecule has 0 heterocycles. The number of methoxy groups -OCH3 is 1. The van der Waals surface area contributed by atoms with Crippen molar-refractivity contribution in [2.45, 2.75) is 65.9 Å². The van der Waals surface area contributed by atoms with Crippen molar-refractivity contribution in [3.8, 4) is 0 Å². The van der Waals surface area contributed by atoms with Crippen LogP contribution in [0.1, 0.15) is 59.8 Å². The lowest BCUT2D eigenvalue weighted by atomic mass is 9.87. The Labute approximate surface area is 112 Å². The van der Waals surface area contributed by atoms with Crippen LogP contribution >= 0.6 is 0 Å². The van der Waals surface area contributed by atoms with Crippen LogP contribution < -0.4 is 5.73 Å². The van der Waals surface area contributed by atoms with Gasteiger partial charge in [-0.15, -0.1) is 0 Å². The zero-order chi connectivity index (χ0) is 14.1. The molecule has 0 bridgehead atoms. The van der Waals surface area contributed by atoms with Crippen LogP contribution in [-0.4, -0.2) is 19.1 Å². The Hall–Kier alpha value is -0.830. The second kappa shape index (κ2) is 9.15. The summed E-state index contributed by atoms with van der Waals surface area (Å²) in [6.45, 7) is 8.50. The minimum Gasteiger partial charge on any atom is -0.371 e. The first-order chi connectivity index (χ1) is 8.43. The molecule has 0 fully saturated rings. The summed E-state index contributed by atoms with van der Waals surface area (Å²) in [4.78, 5) is 11.4. The summed E-state index contributed by atoms with van der Waals surface area (Å²) in [7, 11) is 1.57. The second-order valence-corrected chi connectivity index (χ2v) is 5.30. The second-order valence-electron chi connectivity index (χ2n) is 5.30. The third-order valence-electron chi connectivity index (χ3n) is 3.56. The molecule has 1 amide bonds. The monoisotopic (exact) mass is 255 g/mol. The fraction of sp³-hybridized carbons (Fsp3) is 0.800. The van der Waals surface area contributed by atoms with E-state index in [0.29, 0.717) is 0 Å². The zero-order valence-corrected chi connectivity index (χ0v) is 12.6. The Balaban J connectivity index is 4.69. The van der Waals surface area contributed by atoms with E-state index in [-0.39, 0.29) is 11.8 Å². The molecule has 0 aliphatic rings. The molecule has 0 aliphatic heterocycles. The van der Waals surface area contributed by atoms with E-state index >= 15 is 0 Å². The average Bonchev–Trinajstić information content (AvgIpc) is 2.29. The van der Waals surface area contributed by atoms with Crippen LogP contribution in [0.15, 0.2) is 11.1 Å². The van der Waals surface area contributed by atoms with Crippen LogP contribution in [-0.2, 0) is 9.53 Å². The van der Waals surface area contributed by atoms with Crippen molar-refractivity contribution in [2.24, 2.45) is 11.7 Å². The SMILES string of the molecule is CCCCCC(CC(C)=C(C)C)C(OC)C(N)=O. The normalized spacial score (nSPS) is 14.1. The summed E-state index contributed by atoms with van der Waals surface area (Å²) in [6, 6.07) is 0. The lowest BCUT2D eigenvalue weighted by molar-refractivity contribution is -0.131. The third-order valence-corrected chi connectivity index (χ3v) is 3.56. The standard InChI is InChI=1S/C15H29NO2/c1-6-7-8-9-13(10-12(4)11(2)3)14(18-5)15(16)17/h13-14H,6-10H2,1-5H3,(H2,16,17). The molecule has 2 atom stereocenters. The summed E-state index contributed by atoms with van der Waals surface area (Å²) in [6.07, 6.45) is 4.94. The van der Waals surface area contributed by atoms with Crippen LogP contribution in [0.2, 0.25) is 0 Å². The van der Waals surface area contributed by atoms with Gasteiger partial charge in [-0.2, -0.15) is 0 Å². The highest BCUT2D eigenvalue weighted by atomic mass is 16.5. The van der Waals surface area contributed by atoms with Gasteiger partial charge in [0.25, 0.3) is 0 Å². The molecule has 0 radical (unpaired) electrons. The predicted molar refractivity (Wildman–Crippen MR) is 76.3 cm³/mol. The molecule has 18 heavy (non-hydrogen) atoms. The summed E-state index contributed by atoms with van der Waals surface area (Å²) in [5.41, 5.74) is 8.07. The highest BCUT2D eigenvalue weighted by Crippen LogP contribution is 2.25. The van der Waals surface area contributed by atoms with Gasteiger partial charge in [0.1, 0.15) is 6.10 Å². The number of unbranched alkanes of at least 4 members (excludes halogenated alkanes) is 2. The molecule has 0 aromatic carbocycles. The first kappa shape index (κ1) is 17.2. The van der Waals surface area contributed by atoms with Crippen molar-refractivity contribution < 1.29 is 9.53 Å². The minimum absolute atomic E-state index is 0.203. The zero-order valence-electron chi connectivity index (χ0n) is 12.6. The summed E-state index contributed by atoms with van der Waals surface area (Å²) in [5.74, 6) is -0.144. The molecular weight excluding hydrogens is 226 g/mol. The van der Waals surface area contributed by atoms with Crippen LogP contribution in [0.4, 0.5) is 0 Å². The average molecular weight is 255 g/mol. The molecule has 2 N–H and O–H groups in total. The maximum atomic E-state index is 11.4. The van der Waals surface area contributed by atoms with Gasteiger partial charge in [0.05, 0.1) is 0 Å². The maximum absolute atomic E-state index is 11.4. The van der Waals surface area contributed by atoms with E-state index in [9.17, 15) is 4.79 Å². The number of nitrogens with two attached hydrogens (primary N) is 1. The smallest absolute Gasteiger partial charge is 0.246 e. The van der Waals surface area contributed by atoms with Gasteiger partial charge in [-0.25, -0.2) is 0 Å². The highest BCUT2D eigenvalue weighted by molar-refractivity contribution is 5.79. The molecule has 0 spiro atoms. The number of amides is 1. The third kappa shape index (κ3) is 6.20. The molecule has 3 nitrogen and oxygen atoms in total. The van der Waals surface area contributed by atoms with Crippen molar-refractivity contribution in [3.63, 3.8) is 0 Å². The van der Waals surface area contributed by atoms with Crippen molar-refractivity contribution >= 4 is 5.91 Å². The molecule has 0 rings (SSSR count). The van der Waals surface area contributed by atoms with E-state index in [4.69, 9.17) is 10.5 Å². The highest BCUT2D eigenvalue weighted by Gasteiger charge is 2.26. The number of rotatable bonds is 9. The van der Waals surface area contributed by atoms with Crippen molar-refractivity contribution in [2.75, 3.05) is 7.11 Å². The van der Waals surface area contributed by atoms with E-state index in [1.807, 2.05) is 0 Å². The van der Waals surface area contributed by atoms with Gasteiger partial charge >= 0.3 is 0 Å². The summed E-state index contributed by atoms with van der Waals surface area (Å²) >= 11 is 0. The number of carbonyl (C=O) groups is 1. The van der Waals surface area contributed by atoms with Gasteiger partial charge in [-0.1, -0.05) is 37.3 Å². The molecule has 0 aromatic heterocycles. The Morgan fingerprint density at radius 2 is 1.83 bits per heavy atom. The van der Waals surface area contributed by atoms with Crippen molar-refractivity contribution in [1.29, 1.82) is 0 Å². The summed E-state index contributed by atoms with van der Waals surface area (Å²) in [5, 5.41) is 0. The first-order valence-electron chi connectivity index (χ1n) is 6.89. The molecule has 106 valence electrons. The van der Waals surface area contributed by atoms with Gasteiger partial charge in [0, 0.05) is 7.11 Å². The number of hydrogen-bond acceptors (Lipinski definition) is 2. The number of carbonyl (C=O) groups excluding carboxylic acids is 1. The Morgan fingerprint density at radius 1 is 1.22 bits per heavy atom. The van der Waals surface area contributed by atoms with Crippen molar-refractivity contribution in [3.05, 3.63) is 11.1 Å². The first-order valence-corrected chi connectivity index (χ1v) is 6.89. The lowest BCUT2D eigenvalue weighted by Crippen LogP contribution is -2.37. The quantitative estimate of drug-likeness (QED) is 0.507. The Morgan fingerprint density at radius 3 is 2.22 bits per heavy atom. The van der Waals surface area contributed by atoms with Gasteiger partial charge in [-0.05, 0) is 39.5 Å². The Kier molecular flexibility index (Phi) is 8.73. The largest absolute Gasteiger partial charge is 0.371 e. The van der Waals surface area contributed by atoms with E-state index in [1.54, 1.807) is 7.11 Å². The molecule has 0 aromatic rings. The Bertz CT molecular complexity index is 280. The molecular formula is C15H29NO2. The molecule has 0 saturated heterocycles. The predicted octanol–water partition coefficient (Wildman–Crippen LogP) is 3.43. The maximum Gasteiger partial charge on any atom is 0.246 e. The van der Waals surface area contributed by atoms with Gasteiger partial charge in [-0.3, -0.25) is 4.79 Å². The number of allylic oxidation sites excluding steroid dienone is 2. The van der Waals surface area contributed by atoms with Crippen LogP contribution in [0.5, 0.6) is 0 Å². The number of primary amides is 1. The van der Waals surface area contributed by atoms with Crippen molar-refractivity contribution in [1.82, 2.24) is 0 Å². The number of ether oxygens (including phenoxy) is 1.